The van der Waals surface area contributed by atoms with E-state index in [9.17, 15) is 12.8 Å². The van der Waals surface area contributed by atoms with Gasteiger partial charge in [-0.1, -0.05) is 61.0 Å². The molecule has 0 unspecified atom stereocenters. The summed E-state index contributed by atoms with van der Waals surface area (Å²) >= 11 is 5.98. The molecule has 3 aromatic carbocycles. The van der Waals surface area contributed by atoms with Gasteiger partial charge in [0, 0.05) is 36.3 Å². The van der Waals surface area contributed by atoms with Crippen molar-refractivity contribution < 1.29 is 17.3 Å². The van der Waals surface area contributed by atoms with Gasteiger partial charge in [-0.2, -0.15) is 0 Å². The fourth-order valence-electron chi connectivity index (χ4n) is 6.15. The molecule has 42 heavy (non-hydrogen) atoms. The number of rotatable bonds is 10. The Morgan fingerprint density at radius 3 is 2.60 bits per heavy atom. The Balaban J connectivity index is 1.06. The second-order valence-corrected chi connectivity index (χ2v) is 13.7. The van der Waals surface area contributed by atoms with Crippen molar-refractivity contribution in [3.8, 4) is 11.3 Å². The molecule has 6 nitrogen and oxygen atoms in total. The van der Waals surface area contributed by atoms with Crippen LogP contribution in [0.3, 0.4) is 0 Å². The molecule has 9 heteroatoms. The van der Waals surface area contributed by atoms with E-state index >= 15 is 0 Å². The maximum atomic E-state index is 14.9. The smallest absolute Gasteiger partial charge is 0.261 e. The summed E-state index contributed by atoms with van der Waals surface area (Å²) in [5.74, 6) is 0.951. The maximum Gasteiger partial charge on any atom is 0.261 e. The van der Waals surface area contributed by atoms with Crippen molar-refractivity contribution in [3.63, 3.8) is 0 Å². The number of nitrogens with zero attached hydrogens (tertiary/aromatic N) is 2. The van der Waals surface area contributed by atoms with Crippen LogP contribution in [0.25, 0.3) is 11.3 Å². The minimum Gasteiger partial charge on any atom is -0.356 e. The van der Waals surface area contributed by atoms with Crippen LogP contribution in [0.5, 0.6) is 0 Å². The third-order valence-corrected chi connectivity index (χ3v) is 10.1. The molecule has 1 aliphatic carbocycles. The Kier molecular flexibility index (Phi) is 8.65. The molecular formula is C33H35ClFN3O3S. The number of nitrogens with one attached hydrogen (secondary N) is 1. The van der Waals surface area contributed by atoms with E-state index in [0.717, 1.165) is 53.3 Å². The van der Waals surface area contributed by atoms with Crippen LogP contribution in [-0.4, -0.2) is 25.0 Å². The molecule has 2 aliphatic rings. The summed E-state index contributed by atoms with van der Waals surface area (Å²) in [6.45, 7) is 2.04. The van der Waals surface area contributed by atoms with Crippen molar-refractivity contribution in [2.75, 3.05) is 11.3 Å². The molecule has 220 valence electrons. The summed E-state index contributed by atoms with van der Waals surface area (Å²) < 4.78 is 49.2. The molecule has 1 aliphatic heterocycles. The fourth-order valence-corrected chi connectivity index (χ4v) is 7.39. The van der Waals surface area contributed by atoms with E-state index in [1.807, 2.05) is 42.5 Å². The Hall–Kier alpha value is -3.20. The average Bonchev–Trinajstić information content (AvgIpc) is 3.67. The Morgan fingerprint density at radius 2 is 1.81 bits per heavy atom. The van der Waals surface area contributed by atoms with Crippen LogP contribution < -0.4 is 4.72 Å². The van der Waals surface area contributed by atoms with Gasteiger partial charge in [0.2, 0.25) is 0 Å². The molecular weight excluding hydrogens is 573 g/mol. The van der Waals surface area contributed by atoms with Crippen LogP contribution in [0, 0.1) is 11.7 Å². The lowest BCUT2D eigenvalue weighted by atomic mass is 9.98. The third-order valence-electron chi connectivity index (χ3n) is 8.48. The van der Waals surface area contributed by atoms with Crippen LogP contribution in [0.4, 0.5) is 10.1 Å². The van der Waals surface area contributed by atoms with Gasteiger partial charge in [-0.05, 0) is 90.4 Å². The van der Waals surface area contributed by atoms with Gasteiger partial charge in [-0.15, -0.1) is 0 Å². The molecule has 0 amide bonds. The first-order valence-electron chi connectivity index (χ1n) is 14.7. The number of aromatic nitrogens is 1. The first-order valence-corrected chi connectivity index (χ1v) is 16.6. The van der Waals surface area contributed by atoms with Crippen LogP contribution in [-0.2, 0) is 36.0 Å². The third kappa shape index (κ3) is 6.88. The molecule has 1 fully saturated rings. The van der Waals surface area contributed by atoms with Crippen molar-refractivity contribution in [2.45, 2.75) is 69.4 Å². The van der Waals surface area contributed by atoms with E-state index in [1.165, 1.54) is 44.2 Å². The lowest BCUT2D eigenvalue weighted by molar-refractivity contribution is 0.237. The van der Waals surface area contributed by atoms with Crippen molar-refractivity contribution >= 4 is 27.3 Å². The zero-order valence-corrected chi connectivity index (χ0v) is 25.1. The summed E-state index contributed by atoms with van der Waals surface area (Å²) in [5.41, 5.74) is 4.66. The van der Waals surface area contributed by atoms with Gasteiger partial charge >= 0.3 is 0 Å². The van der Waals surface area contributed by atoms with Crippen molar-refractivity contribution in [1.82, 2.24) is 10.1 Å². The minimum atomic E-state index is -3.93. The van der Waals surface area contributed by atoms with Gasteiger partial charge in [-0.3, -0.25) is 9.62 Å². The summed E-state index contributed by atoms with van der Waals surface area (Å²) in [6, 6.07) is 19.3. The minimum absolute atomic E-state index is 0.0241. The zero-order valence-electron chi connectivity index (χ0n) is 23.5. The van der Waals surface area contributed by atoms with Gasteiger partial charge in [-0.25, -0.2) is 12.8 Å². The fraction of sp³-hybridized carbons (Fsp3) is 0.364. The quantitative estimate of drug-likeness (QED) is 0.198. The van der Waals surface area contributed by atoms with Crippen LogP contribution >= 0.6 is 11.6 Å². The number of anilines is 1. The molecule has 1 aromatic heterocycles. The summed E-state index contributed by atoms with van der Waals surface area (Å²) in [4.78, 5) is 2.39. The van der Waals surface area contributed by atoms with E-state index in [2.05, 4.69) is 14.8 Å². The number of halogens is 2. The highest BCUT2D eigenvalue weighted by Gasteiger charge is 2.23. The molecule has 0 radical (unpaired) electrons. The van der Waals surface area contributed by atoms with E-state index in [4.69, 9.17) is 16.1 Å². The average molecular weight is 608 g/mol. The highest BCUT2D eigenvalue weighted by molar-refractivity contribution is 7.92. The van der Waals surface area contributed by atoms with Crippen LogP contribution in [0.1, 0.15) is 60.9 Å². The number of hydrogen-bond acceptors (Lipinski definition) is 5. The van der Waals surface area contributed by atoms with E-state index in [0.29, 0.717) is 30.3 Å². The topological polar surface area (TPSA) is 75.4 Å². The normalized spacial score (nSPS) is 16.0. The summed E-state index contributed by atoms with van der Waals surface area (Å²) in [7, 11) is -3.93. The Bertz CT molecular complexity index is 1650. The molecule has 0 saturated heterocycles. The van der Waals surface area contributed by atoms with Crippen molar-refractivity contribution in [2.24, 2.45) is 5.92 Å². The number of hydrogen-bond donors (Lipinski definition) is 1. The molecule has 0 bridgehead atoms. The first-order chi connectivity index (χ1) is 20.3. The van der Waals surface area contributed by atoms with E-state index < -0.39 is 15.8 Å². The number of fused-ring (bicyclic) bond motifs is 1. The van der Waals surface area contributed by atoms with Crippen LogP contribution in [0.2, 0.25) is 5.02 Å². The maximum absolute atomic E-state index is 14.9. The molecule has 2 heterocycles. The SMILES string of the molecule is O=S(=O)(Nc1ccc(CCCC2CCCC2)cc1F)c1ccc2c(c1)CCN(Cc1cc(-c3ccc(Cl)cc3)on1)C2. The molecule has 6 rings (SSSR count). The highest BCUT2D eigenvalue weighted by atomic mass is 35.5. The number of aryl methyl sites for hydroxylation is 1. The summed E-state index contributed by atoms with van der Waals surface area (Å²) in [6.07, 6.45) is 8.99. The lowest BCUT2D eigenvalue weighted by Gasteiger charge is -2.28. The van der Waals surface area contributed by atoms with Crippen LogP contribution in [0.15, 0.2) is 76.1 Å². The molecule has 1 N–H and O–H groups in total. The second-order valence-electron chi connectivity index (χ2n) is 11.5. The molecule has 0 atom stereocenters. The lowest BCUT2D eigenvalue weighted by Crippen LogP contribution is -2.30. The monoisotopic (exact) mass is 607 g/mol. The molecule has 1 saturated carbocycles. The zero-order chi connectivity index (χ0) is 29.1. The first kappa shape index (κ1) is 28.9. The highest BCUT2D eigenvalue weighted by Crippen LogP contribution is 2.30. The second kappa shape index (κ2) is 12.6. The van der Waals surface area contributed by atoms with E-state index in [-0.39, 0.29) is 10.6 Å². The largest absolute Gasteiger partial charge is 0.356 e. The van der Waals surface area contributed by atoms with Gasteiger partial charge in [0.1, 0.15) is 5.82 Å². The molecule has 4 aromatic rings. The van der Waals surface area contributed by atoms with Gasteiger partial charge in [0.15, 0.2) is 5.76 Å². The van der Waals surface area contributed by atoms with Gasteiger partial charge in [0.05, 0.1) is 16.3 Å². The molecule has 0 spiro atoms. The van der Waals surface area contributed by atoms with Gasteiger partial charge in [0.25, 0.3) is 10.0 Å². The van der Waals surface area contributed by atoms with E-state index in [1.54, 1.807) is 12.1 Å². The van der Waals surface area contributed by atoms with Crippen molar-refractivity contribution in [1.29, 1.82) is 0 Å². The van der Waals surface area contributed by atoms with Gasteiger partial charge < -0.3 is 4.52 Å². The predicted molar refractivity (Wildman–Crippen MR) is 163 cm³/mol. The Labute approximate surface area is 251 Å². The Morgan fingerprint density at radius 1 is 1.00 bits per heavy atom. The summed E-state index contributed by atoms with van der Waals surface area (Å²) in [5, 5.41) is 4.89. The number of benzene rings is 3. The standard InChI is InChI=1S/C33H35ClFN3O3S/c34-28-12-9-25(10-13-28)33-20-29(36-41-33)22-38-17-16-26-19-30(14-11-27(26)21-38)42(39,40)37-32-15-8-24(18-31(32)35)7-3-6-23-4-1-2-5-23/h8-15,18-20,23,37H,1-7,16-17,21-22H2. The van der Waals surface area contributed by atoms with Crippen molar-refractivity contribution in [3.05, 3.63) is 100.0 Å². The predicted octanol–water partition coefficient (Wildman–Crippen LogP) is 8.01. The number of sulfonamides is 1.